The highest BCUT2D eigenvalue weighted by molar-refractivity contribution is 7.99. The average Bonchev–Trinajstić information content (AvgIpc) is 3.36. The van der Waals surface area contributed by atoms with Crippen molar-refractivity contribution in [1.82, 2.24) is 9.55 Å². The molecule has 5 rings (SSSR count). The number of aryl methyl sites for hydroxylation is 3. The van der Waals surface area contributed by atoms with Crippen molar-refractivity contribution in [2.24, 2.45) is 0 Å². The van der Waals surface area contributed by atoms with Crippen LogP contribution in [0.15, 0.2) is 56.8 Å². The van der Waals surface area contributed by atoms with Gasteiger partial charge in [0.2, 0.25) is 5.78 Å². The number of thioether (sulfide) groups is 1. The van der Waals surface area contributed by atoms with E-state index in [1.807, 2.05) is 37.3 Å². The van der Waals surface area contributed by atoms with E-state index < -0.39 is 0 Å². The van der Waals surface area contributed by atoms with E-state index in [1.54, 1.807) is 28.0 Å². The first-order chi connectivity index (χ1) is 14.6. The highest BCUT2D eigenvalue weighted by Gasteiger charge is 2.23. The number of nitrogens with zero attached hydrogens (tertiary/aromatic N) is 2. The molecule has 0 atom stereocenters. The lowest BCUT2D eigenvalue weighted by atomic mass is 9.97. The predicted molar refractivity (Wildman–Crippen MR) is 120 cm³/mol. The zero-order valence-corrected chi connectivity index (χ0v) is 18.1. The van der Waals surface area contributed by atoms with Crippen molar-refractivity contribution in [3.05, 3.63) is 74.8 Å². The molecule has 0 spiro atoms. The molecule has 5 nitrogen and oxygen atoms in total. The maximum atomic E-state index is 13.6. The van der Waals surface area contributed by atoms with Gasteiger partial charge in [-0.05, 0) is 62.4 Å². The lowest BCUT2D eigenvalue weighted by Crippen LogP contribution is -2.22. The zero-order valence-electron chi connectivity index (χ0n) is 16.5. The highest BCUT2D eigenvalue weighted by Crippen LogP contribution is 2.35. The average molecular weight is 437 g/mol. The smallest absolute Gasteiger partial charge is 0.267 e. The number of hydrogen-bond donors (Lipinski definition) is 0. The van der Waals surface area contributed by atoms with Crippen LogP contribution in [0.1, 0.15) is 39.6 Å². The van der Waals surface area contributed by atoms with Gasteiger partial charge in [0.25, 0.3) is 5.56 Å². The molecule has 0 aliphatic heterocycles. The van der Waals surface area contributed by atoms with Gasteiger partial charge in [-0.1, -0.05) is 30.0 Å². The first-order valence-corrected chi connectivity index (χ1v) is 11.8. The van der Waals surface area contributed by atoms with Crippen molar-refractivity contribution in [3.8, 4) is 5.69 Å². The molecular formula is C23H20N2O3S2. The Balaban J connectivity index is 1.61. The Morgan fingerprint density at radius 2 is 1.97 bits per heavy atom. The first kappa shape index (κ1) is 19.3. The van der Waals surface area contributed by atoms with E-state index in [0.717, 1.165) is 41.6 Å². The molecule has 7 heteroatoms. The van der Waals surface area contributed by atoms with Crippen molar-refractivity contribution >= 4 is 39.1 Å². The van der Waals surface area contributed by atoms with E-state index in [0.29, 0.717) is 16.7 Å². The van der Waals surface area contributed by atoms with Gasteiger partial charge < -0.3 is 4.42 Å². The highest BCUT2D eigenvalue weighted by atomic mass is 32.2. The molecule has 0 unspecified atom stereocenters. The Morgan fingerprint density at radius 3 is 2.73 bits per heavy atom. The van der Waals surface area contributed by atoms with Gasteiger partial charge in [0.05, 0.1) is 16.8 Å². The number of hydrogen-bond acceptors (Lipinski definition) is 6. The molecular weight excluding hydrogens is 416 g/mol. The number of ketones is 1. The summed E-state index contributed by atoms with van der Waals surface area (Å²) >= 11 is 2.90. The Labute approximate surface area is 181 Å². The molecule has 0 amide bonds. The summed E-state index contributed by atoms with van der Waals surface area (Å²) in [5, 5.41) is 1.28. The van der Waals surface area contributed by atoms with Crippen LogP contribution in [-0.4, -0.2) is 21.1 Å². The monoisotopic (exact) mass is 436 g/mol. The van der Waals surface area contributed by atoms with E-state index in [4.69, 9.17) is 9.40 Å². The van der Waals surface area contributed by atoms with Crippen molar-refractivity contribution < 1.29 is 9.21 Å². The van der Waals surface area contributed by atoms with Crippen LogP contribution in [0.25, 0.3) is 15.9 Å². The summed E-state index contributed by atoms with van der Waals surface area (Å²) in [5.41, 5.74) is 1.88. The van der Waals surface area contributed by atoms with Gasteiger partial charge in [-0.25, -0.2) is 4.98 Å². The summed E-state index contributed by atoms with van der Waals surface area (Å²) in [6.07, 6.45) is 4.21. The summed E-state index contributed by atoms with van der Waals surface area (Å²) in [7, 11) is 0. The fourth-order valence-electron chi connectivity index (χ4n) is 3.87. The molecule has 0 bridgehead atoms. The van der Waals surface area contributed by atoms with Gasteiger partial charge in [-0.15, -0.1) is 11.3 Å². The van der Waals surface area contributed by atoms with E-state index in [2.05, 4.69) is 0 Å². The SMILES string of the molecule is Cc1ccc(C(=O)CSc2nc3sc4c(c3c(=O)n2-c2ccccc2)CCCC4)o1. The third kappa shape index (κ3) is 3.42. The number of carbonyl (C=O) groups excluding carboxylic acids is 1. The summed E-state index contributed by atoms with van der Waals surface area (Å²) in [5.74, 6) is 1.07. The van der Waals surface area contributed by atoms with Crippen molar-refractivity contribution in [3.63, 3.8) is 0 Å². The molecule has 152 valence electrons. The molecule has 0 radical (unpaired) electrons. The lowest BCUT2D eigenvalue weighted by Gasteiger charge is -2.13. The number of rotatable bonds is 5. The first-order valence-electron chi connectivity index (χ1n) is 9.97. The van der Waals surface area contributed by atoms with Crippen LogP contribution in [-0.2, 0) is 12.8 Å². The molecule has 0 fully saturated rings. The third-order valence-corrected chi connectivity index (χ3v) is 7.44. The van der Waals surface area contributed by atoms with Gasteiger partial charge in [-0.2, -0.15) is 0 Å². The molecule has 0 saturated heterocycles. The third-order valence-electron chi connectivity index (χ3n) is 5.32. The van der Waals surface area contributed by atoms with E-state index in [1.165, 1.54) is 22.2 Å². The quantitative estimate of drug-likeness (QED) is 0.244. The van der Waals surface area contributed by atoms with Gasteiger partial charge in [0.1, 0.15) is 10.6 Å². The van der Waals surface area contributed by atoms with Gasteiger partial charge in [0.15, 0.2) is 10.9 Å². The molecule has 1 aliphatic carbocycles. The van der Waals surface area contributed by atoms with E-state index >= 15 is 0 Å². The summed E-state index contributed by atoms with van der Waals surface area (Å²) in [4.78, 5) is 33.1. The molecule has 4 aromatic rings. The number of carbonyl (C=O) groups is 1. The summed E-state index contributed by atoms with van der Waals surface area (Å²) < 4.78 is 7.10. The number of furan rings is 1. The zero-order chi connectivity index (χ0) is 20.7. The largest absolute Gasteiger partial charge is 0.458 e. The molecule has 1 aliphatic rings. The maximum absolute atomic E-state index is 13.6. The van der Waals surface area contributed by atoms with Crippen molar-refractivity contribution in [2.75, 3.05) is 5.75 Å². The Bertz CT molecular complexity index is 1300. The number of thiophene rings is 1. The summed E-state index contributed by atoms with van der Waals surface area (Å²) in [6.45, 7) is 1.81. The molecule has 30 heavy (non-hydrogen) atoms. The number of fused-ring (bicyclic) bond motifs is 3. The van der Waals surface area contributed by atoms with Crippen LogP contribution in [0.2, 0.25) is 0 Å². The maximum Gasteiger partial charge on any atom is 0.267 e. The number of para-hydroxylation sites is 1. The minimum absolute atomic E-state index is 0.0469. The Kier molecular flexibility index (Phi) is 5.08. The number of aromatic nitrogens is 2. The molecule has 3 aromatic heterocycles. The fraction of sp³-hybridized carbons (Fsp3) is 0.261. The van der Waals surface area contributed by atoms with Crippen LogP contribution in [0.3, 0.4) is 0 Å². The second kappa shape index (κ2) is 7.89. The van der Waals surface area contributed by atoms with Gasteiger partial charge >= 0.3 is 0 Å². The van der Waals surface area contributed by atoms with Crippen LogP contribution < -0.4 is 5.56 Å². The molecule has 0 saturated carbocycles. The van der Waals surface area contributed by atoms with Crippen LogP contribution in [0.5, 0.6) is 0 Å². The summed E-state index contributed by atoms with van der Waals surface area (Å²) in [6, 6.07) is 13.0. The fourth-order valence-corrected chi connectivity index (χ4v) is 6.06. The standard InChI is InChI=1S/C23H20N2O3S2/c1-14-11-12-18(28-14)17(26)13-29-23-24-21-20(16-9-5-6-10-19(16)30-21)22(27)25(23)15-7-3-2-4-8-15/h2-4,7-8,11-12H,5-6,9-10,13H2,1H3. The van der Waals surface area contributed by atoms with E-state index in [-0.39, 0.29) is 17.1 Å². The van der Waals surface area contributed by atoms with E-state index in [9.17, 15) is 9.59 Å². The lowest BCUT2D eigenvalue weighted by molar-refractivity contribution is 0.0991. The van der Waals surface area contributed by atoms with Crippen LogP contribution in [0.4, 0.5) is 0 Å². The topological polar surface area (TPSA) is 65.1 Å². The second-order valence-electron chi connectivity index (χ2n) is 7.38. The number of Topliss-reactive ketones (excluding diaryl/α,β-unsaturated/α-hetero) is 1. The van der Waals surface area contributed by atoms with Gasteiger partial charge in [-0.3, -0.25) is 14.2 Å². The molecule has 3 heterocycles. The Hall–Kier alpha value is -2.64. The molecule has 1 aromatic carbocycles. The minimum atomic E-state index is -0.118. The minimum Gasteiger partial charge on any atom is -0.458 e. The normalized spacial score (nSPS) is 13.5. The molecule has 0 N–H and O–H groups in total. The number of benzene rings is 1. The Morgan fingerprint density at radius 1 is 1.17 bits per heavy atom. The van der Waals surface area contributed by atoms with Crippen LogP contribution >= 0.6 is 23.1 Å². The van der Waals surface area contributed by atoms with Gasteiger partial charge in [0, 0.05) is 4.88 Å². The predicted octanol–water partition coefficient (Wildman–Crippen LogP) is 5.20. The van der Waals surface area contributed by atoms with Crippen molar-refractivity contribution in [1.29, 1.82) is 0 Å². The van der Waals surface area contributed by atoms with Crippen molar-refractivity contribution in [2.45, 2.75) is 37.8 Å². The second-order valence-corrected chi connectivity index (χ2v) is 9.41. The van der Waals surface area contributed by atoms with Crippen LogP contribution in [0, 0.1) is 6.92 Å².